The SMILES string of the molecule is C=CCN(c1ccc(Cl)cc1)S(=O)(=O)c1cccc(C(=O)Nc2nnc(CC)s2)c1. The molecule has 0 aliphatic heterocycles. The van der Waals surface area contributed by atoms with Crippen molar-refractivity contribution in [3.8, 4) is 0 Å². The topological polar surface area (TPSA) is 92.3 Å². The highest BCUT2D eigenvalue weighted by Gasteiger charge is 2.25. The largest absolute Gasteiger partial charge is 0.296 e. The predicted molar refractivity (Wildman–Crippen MR) is 120 cm³/mol. The van der Waals surface area contributed by atoms with Gasteiger partial charge in [-0.25, -0.2) is 8.42 Å². The van der Waals surface area contributed by atoms with Crippen LogP contribution < -0.4 is 9.62 Å². The smallest absolute Gasteiger partial charge is 0.264 e. The highest BCUT2D eigenvalue weighted by atomic mass is 35.5. The Morgan fingerprint density at radius 2 is 1.97 bits per heavy atom. The Labute approximate surface area is 184 Å². The normalized spacial score (nSPS) is 11.1. The molecule has 0 unspecified atom stereocenters. The van der Waals surface area contributed by atoms with E-state index in [0.717, 1.165) is 5.01 Å². The van der Waals surface area contributed by atoms with Gasteiger partial charge in [0.1, 0.15) is 5.01 Å². The minimum atomic E-state index is -3.94. The molecule has 0 saturated heterocycles. The Morgan fingerprint density at radius 3 is 2.60 bits per heavy atom. The maximum absolute atomic E-state index is 13.3. The van der Waals surface area contributed by atoms with Crippen molar-refractivity contribution in [1.82, 2.24) is 10.2 Å². The van der Waals surface area contributed by atoms with Crippen molar-refractivity contribution in [2.45, 2.75) is 18.2 Å². The van der Waals surface area contributed by atoms with Crippen molar-refractivity contribution in [3.05, 3.63) is 76.8 Å². The minimum Gasteiger partial charge on any atom is -0.296 e. The second-order valence-electron chi connectivity index (χ2n) is 6.14. The summed E-state index contributed by atoms with van der Waals surface area (Å²) in [6.07, 6.45) is 2.20. The van der Waals surface area contributed by atoms with Crippen LogP contribution in [0.25, 0.3) is 0 Å². The van der Waals surface area contributed by atoms with E-state index in [-0.39, 0.29) is 17.0 Å². The lowest BCUT2D eigenvalue weighted by Gasteiger charge is -2.23. The monoisotopic (exact) mass is 462 g/mol. The van der Waals surface area contributed by atoms with Crippen molar-refractivity contribution in [2.24, 2.45) is 0 Å². The van der Waals surface area contributed by atoms with Gasteiger partial charge in [-0.05, 0) is 48.9 Å². The molecule has 0 aliphatic rings. The van der Waals surface area contributed by atoms with E-state index >= 15 is 0 Å². The molecule has 30 heavy (non-hydrogen) atoms. The fourth-order valence-corrected chi connectivity index (χ4v) is 4.89. The number of halogens is 1. The Kier molecular flexibility index (Phi) is 6.86. The standard InChI is InChI=1S/C20H19ClN4O3S2/c1-3-12-25(16-10-8-15(21)9-11-16)30(27,28)17-7-5-6-14(13-17)19(26)22-20-24-23-18(4-2)29-20/h3,5-11,13H,1,4,12H2,2H3,(H,22,24,26). The molecule has 3 rings (SSSR count). The summed E-state index contributed by atoms with van der Waals surface area (Å²) in [5.74, 6) is -0.465. The van der Waals surface area contributed by atoms with Crippen LogP contribution in [0.15, 0.2) is 66.1 Å². The third-order valence-electron chi connectivity index (χ3n) is 4.08. The highest BCUT2D eigenvalue weighted by Crippen LogP contribution is 2.26. The molecule has 10 heteroatoms. The van der Waals surface area contributed by atoms with Gasteiger partial charge in [-0.3, -0.25) is 14.4 Å². The number of rotatable bonds is 8. The van der Waals surface area contributed by atoms with E-state index < -0.39 is 15.9 Å². The first-order chi connectivity index (χ1) is 14.3. The Morgan fingerprint density at radius 1 is 1.23 bits per heavy atom. The number of aromatic nitrogens is 2. The Hall–Kier alpha value is -2.75. The number of hydrogen-bond acceptors (Lipinski definition) is 6. The minimum absolute atomic E-state index is 0.0153. The molecule has 156 valence electrons. The zero-order chi connectivity index (χ0) is 21.7. The summed E-state index contributed by atoms with van der Waals surface area (Å²) < 4.78 is 27.8. The third-order valence-corrected chi connectivity index (χ3v) is 7.11. The molecule has 7 nitrogen and oxygen atoms in total. The van der Waals surface area contributed by atoms with Gasteiger partial charge in [0.05, 0.1) is 17.1 Å². The van der Waals surface area contributed by atoms with E-state index in [4.69, 9.17) is 11.6 Å². The average Bonchev–Trinajstić information content (AvgIpc) is 3.20. The van der Waals surface area contributed by atoms with Crippen LogP contribution in [0.2, 0.25) is 5.02 Å². The summed E-state index contributed by atoms with van der Waals surface area (Å²) in [5.41, 5.74) is 0.633. The predicted octanol–water partition coefficient (Wildman–Crippen LogP) is 4.39. The number of anilines is 2. The molecule has 1 aromatic heterocycles. The quantitative estimate of drug-likeness (QED) is 0.501. The van der Waals surface area contributed by atoms with Crippen LogP contribution >= 0.6 is 22.9 Å². The second-order valence-corrected chi connectivity index (χ2v) is 9.50. The molecule has 0 aliphatic carbocycles. The maximum Gasteiger partial charge on any atom is 0.264 e. The van der Waals surface area contributed by atoms with Crippen molar-refractivity contribution < 1.29 is 13.2 Å². The first-order valence-electron chi connectivity index (χ1n) is 8.98. The van der Waals surface area contributed by atoms with Gasteiger partial charge >= 0.3 is 0 Å². The molecular formula is C20H19ClN4O3S2. The average molecular weight is 463 g/mol. The van der Waals surface area contributed by atoms with Gasteiger partial charge in [-0.1, -0.05) is 42.0 Å². The molecule has 1 amide bonds. The molecule has 2 aromatic carbocycles. The number of sulfonamides is 1. The van der Waals surface area contributed by atoms with E-state index in [1.54, 1.807) is 24.3 Å². The summed E-state index contributed by atoms with van der Waals surface area (Å²) in [5, 5.41) is 12.2. The summed E-state index contributed by atoms with van der Waals surface area (Å²) in [4.78, 5) is 12.6. The van der Waals surface area contributed by atoms with Gasteiger partial charge < -0.3 is 0 Å². The Balaban J connectivity index is 1.90. The number of aryl methyl sites for hydroxylation is 1. The molecule has 0 radical (unpaired) electrons. The lowest BCUT2D eigenvalue weighted by atomic mass is 10.2. The van der Waals surface area contributed by atoms with Crippen molar-refractivity contribution >= 4 is 49.7 Å². The van der Waals surface area contributed by atoms with Crippen molar-refractivity contribution in [2.75, 3.05) is 16.2 Å². The molecule has 0 fully saturated rings. The molecular weight excluding hydrogens is 444 g/mol. The third kappa shape index (κ3) is 4.86. The first kappa shape index (κ1) is 21.9. The highest BCUT2D eigenvalue weighted by molar-refractivity contribution is 7.92. The van der Waals surface area contributed by atoms with Gasteiger partial charge in [-0.15, -0.1) is 16.8 Å². The number of nitrogens with one attached hydrogen (secondary N) is 1. The maximum atomic E-state index is 13.3. The summed E-state index contributed by atoms with van der Waals surface area (Å²) in [7, 11) is -3.94. The number of carbonyl (C=O) groups excluding carboxylic acids is 1. The van der Waals surface area contributed by atoms with Crippen LogP contribution in [0.3, 0.4) is 0 Å². The number of nitrogens with zero attached hydrogens (tertiary/aromatic N) is 3. The first-order valence-corrected chi connectivity index (χ1v) is 11.6. The lowest BCUT2D eigenvalue weighted by Crippen LogP contribution is -2.31. The van der Waals surface area contributed by atoms with Crippen LogP contribution in [-0.4, -0.2) is 31.1 Å². The molecule has 0 spiro atoms. The molecule has 0 bridgehead atoms. The van der Waals surface area contributed by atoms with E-state index in [2.05, 4.69) is 22.1 Å². The fourth-order valence-electron chi connectivity index (χ4n) is 2.61. The van der Waals surface area contributed by atoms with Crippen LogP contribution in [0.5, 0.6) is 0 Å². The van der Waals surface area contributed by atoms with E-state index in [9.17, 15) is 13.2 Å². The van der Waals surface area contributed by atoms with E-state index in [1.807, 2.05) is 6.92 Å². The Bertz CT molecular complexity index is 1160. The van der Waals surface area contributed by atoms with E-state index in [1.165, 1.54) is 46.0 Å². The van der Waals surface area contributed by atoms with Gasteiger partial charge in [0.2, 0.25) is 5.13 Å². The van der Waals surface area contributed by atoms with Gasteiger partial charge in [0, 0.05) is 10.6 Å². The fraction of sp³-hybridized carbons (Fsp3) is 0.150. The lowest BCUT2D eigenvalue weighted by molar-refractivity contribution is 0.102. The van der Waals surface area contributed by atoms with Crippen LogP contribution in [0.4, 0.5) is 10.8 Å². The summed E-state index contributed by atoms with van der Waals surface area (Å²) in [6, 6.07) is 12.3. The molecule has 1 heterocycles. The van der Waals surface area contributed by atoms with Gasteiger partial charge in [0.15, 0.2) is 0 Å². The molecule has 0 saturated carbocycles. The van der Waals surface area contributed by atoms with Crippen LogP contribution in [0.1, 0.15) is 22.3 Å². The van der Waals surface area contributed by atoms with Crippen molar-refractivity contribution in [1.29, 1.82) is 0 Å². The van der Waals surface area contributed by atoms with Crippen molar-refractivity contribution in [3.63, 3.8) is 0 Å². The number of carbonyl (C=O) groups is 1. The zero-order valence-corrected chi connectivity index (χ0v) is 18.5. The summed E-state index contributed by atoms with van der Waals surface area (Å²) in [6.45, 7) is 5.65. The van der Waals surface area contributed by atoms with Gasteiger partial charge in [0.25, 0.3) is 15.9 Å². The van der Waals surface area contributed by atoms with Gasteiger partial charge in [-0.2, -0.15) is 0 Å². The van der Waals surface area contributed by atoms with Crippen LogP contribution in [-0.2, 0) is 16.4 Å². The number of hydrogen-bond donors (Lipinski definition) is 1. The molecule has 1 N–H and O–H groups in total. The van der Waals surface area contributed by atoms with Crippen LogP contribution in [0, 0.1) is 0 Å². The zero-order valence-electron chi connectivity index (χ0n) is 16.1. The number of benzene rings is 2. The molecule has 0 atom stereocenters. The number of amides is 1. The van der Waals surface area contributed by atoms with E-state index in [0.29, 0.717) is 22.3 Å². The summed E-state index contributed by atoms with van der Waals surface area (Å²) >= 11 is 7.19. The molecule has 3 aromatic rings. The second kappa shape index (κ2) is 9.38.